The van der Waals surface area contributed by atoms with Gasteiger partial charge in [-0.3, -0.25) is 0 Å². The van der Waals surface area contributed by atoms with E-state index >= 15 is 0 Å². The topological polar surface area (TPSA) is 72.2 Å². The molecule has 0 amide bonds. The monoisotopic (exact) mass is 350 g/mol. The minimum atomic E-state index is -4.78. The number of hydrogen-bond donors (Lipinski definition) is 0. The van der Waals surface area contributed by atoms with Crippen molar-refractivity contribution in [3.63, 3.8) is 0 Å². The predicted molar refractivity (Wildman–Crippen MR) is 81.5 cm³/mol. The molecule has 0 spiro atoms. The molecule has 0 fully saturated rings. The highest BCUT2D eigenvalue weighted by atomic mass is 19.4. The Labute approximate surface area is 141 Å². The van der Waals surface area contributed by atoms with Crippen LogP contribution in [0.4, 0.5) is 13.2 Å². The Bertz CT molecular complexity index is 799. The van der Waals surface area contributed by atoms with E-state index in [2.05, 4.69) is 9.72 Å². The van der Waals surface area contributed by atoms with Crippen LogP contribution >= 0.6 is 0 Å². The first kappa shape index (κ1) is 18.3. The average Bonchev–Trinajstić information content (AvgIpc) is 2.59. The number of rotatable bonds is 5. The van der Waals surface area contributed by atoms with Crippen LogP contribution in [0.3, 0.4) is 0 Å². The van der Waals surface area contributed by atoms with Gasteiger partial charge in [-0.15, -0.1) is 0 Å². The van der Waals surface area contributed by atoms with Crippen LogP contribution in [0.25, 0.3) is 11.3 Å². The van der Waals surface area contributed by atoms with E-state index in [1.807, 2.05) is 0 Å². The normalized spacial score (nSPS) is 10.8. The third-order valence-electron chi connectivity index (χ3n) is 3.11. The largest absolute Gasteiger partial charge is 0.465 e. The Balaban J connectivity index is 2.52. The highest BCUT2D eigenvalue weighted by Gasteiger charge is 2.36. The summed E-state index contributed by atoms with van der Waals surface area (Å²) in [5.41, 5.74) is -1.57. The third kappa shape index (κ3) is 4.47. The molecule has 0 saturated heterocycles. The van der Waals surface area contributed by atoms with Crippen LogP contribution in [-0.2, 0) is 15.7 Å². The van der Waals surface area contributed by atoms with Crippen LogP contribution in [0.1, 0.15) is 18.1 Å². The molecule has 0 unspecified atom stereocenters. The molecule has 1 aromatic heterocycles. The third-order valence-corrected chi connectivity index (χ3v) is 3.11. The maximum absolute atomic E-state index is 13.3. The summed E-state index contributed by atoms with van der Waals surface area (Å²) < 4.78 is 49.6. The fourth-order valence-electron chi connectivity index (χ4n) is 2.04. The predicted octanol–water partition coefficient (Wildman–Crippen LogP) is 3.58. The van der Waals surface area contributed by atoms with Gasteiger partial charge in [-0.25, -0.2) is 9.78 Å². The van der Waals surface area contributed by atoms with Crippen molar-refractivity contribution in [1.29, 1.82) is 5.26 Å². The number of carbonyl (C=O) groups excluding carboxylic acids is 1. The summed E-state index contributed by atoms with van der Waals surface area (Å²) in [5, 5.41) is 9.11. The zero-order valence-corrected chi connectivity index (χ0v) is 13.1. The van der Waals surface area contributed by atoms with E-state index in [9.17, 15) is 18.0 Å². The molecule has 0 aliphatic heterocycles. The van der Waals surface area contributed by atoms with Gasteiger partial charge in [-0.1, -0.05) is 30.3 Å². The minimum Gasteiger partial charge on any atom is -0.465 e. The van der Waals surface area contributed by atoms with E-state index in [0.29, 0.717) is 5.56 Å². The second kappa shape index (κ2) is 7.66. The van der Waals surface area contributed by atoms with Gasteiger partial charge in [0.25, 0.3) is 0 Å². The van der Waals surface area contributed by atoms with Crippen LogP contribution < -0.4 is 4.74 Å². The molecule has 0 radical (unpaired) electrons. The number of alkyl halides is 3. The lowest BCUT2D eigenvalue weighted by molar-refractivity contribution is -0.145. The van der Waals surface area contributed by atoms with Crippen molar-refractivity contribution in [3.05, 3.63) is 47.5 Å². The van der Waals surface area contributed by atoms with Gasteiger partial charge < -0.3 is 9.47 Å². The quantitative estimate of drug-likeness (QED) is 0.771. The van der Waals surface area contributed by atoms with Crippen molar-refractivity contribution in [3.8, 4) is 23.2 Å². The Morgan fingerprint density at radius 3 is 2.52 bits per heavy atom. The summed E-state index contributed by atoms with van der Waals surface area (Å²) in [6, 6.07) is 10.4. The minimum absolute atomic E-state index is 0.0224. The number of hydrogen-bond acceptors (Lipinski definition) is 5. The first-order chi connectivity index (χ1) is 11.9. The molecule has 0 atom stereocenters. The molecule has 25 heavy (non-hydrogen) atoms. The van der Waals surface area contributed by atoms with Crippen LogP contribution in [0, 0.1) is 11.3 Å². The van der Waals surface area contributed by atoms with Crippen LogP contribution in [0.15, 0.2) is 36.4 Å². The fourth-order valence-corrected chi connectivity index (χ4v) is 2.04. The van der Waals surface area contributed by atoms with E-state index in [1.165, 1.54) is 6.07 Å². The summed E-state index contributed by atoms with van der Waals surface area (Å²) >= 11 is 0. The van der Waals surface area contributed by atoms with E-state index in [0.717, 1.165) is 6.07 Å². The van der Waals surface area contributed by atoms with Gasteiger partial charge in [0.15, 0.2) is 6.61 Å². The summed E-state index contributed by atoms with van der Waals surface area (Å²) in [6.45, 7) is 1.03. The maximum atomic E-state index is 13.3. The first-order valence-electron chi connectivity index (χ1n) is 7.23. The zero-order chi connectivity index (χ0) is 18.4. The highest BCUT2D eigenvalue weighted by Crippen LogP contribution is 2.37. The number of ether oxygens (including phenoxy) is 2. The molecule has 1 aromatic carbocycles. The van der Waals surface area contributed by atoms with Crippen LogP contribution in [-0.4, -0.2) is 24.2 Å². The van der Waals surface area contributed by atoms with E-state index in [1.54, 1.807) is 37.3 Å². The number of carbonyl (C=O) groups is 1. The lowest BCUT2D eigenvalue weighted by Gasteiger charge is -2.14. The van der Waals surface area contributed by atoms with Crippen molar-refractivity contribution >= 4 is 5.97 Å². The second-order valence-electron chi connectivity index (χ2n) is 4.80. The number of halogens is 3. The number of aromatic nitrogens is 1. The Morgan fingerprint density at radius 1 is 1.28 bits per heavy atom. The molecule has 0 bridgehead atoms. The number of nitrogens with zero attached hydrogens (tertiary/aromatic N) is 2. The van der Waals surface area contributed by atoms with Crippen molar-refractivity contribution in [1.82, 2.24) is 4.98 Å². The molecule has 0 aliphatic rings. The van der Waals surface area contributed by atoms with Gasteiger partial charge in [0, 0.05) is 5.56 Å². The lowest BCUT2D eigenvalue weighted by Crippen LogP contribution is -2.17. The van der Waals surface area contributed by atoms with Crippen LogP contribution in [0.5, 0.6) is 5.88 Å². The molecule has 5 nitrogen and oxygen atoms in total. The summed E-state index contributed by atoms with van der Waals surface area (Å²) in [7, 11) is 0. The molecule has 1 heterocycles. The summed E-state index contributed by atoms with van der Waals surface area (Å²) in [6.07, 6.45) is -4.78. The molecule has 2 aromatic rings. The van der Waals surface area contributed by atoms with Crippen molar-refractivity contribution in [2.75, 3.05) is 13.2 Å². The number of benzene rings is 1. The van der Waals surface area contributed by atoms with E-state index < -0.39 is 35.8 Å². The Hall–Kier alpha value is -3.08. The molecule has 0 aliphatic carbocycles. The van der Waals surface area contributed by atoms with Crippen molar-refractivity contribution < 1.29 is 27.4 Å². The van der Waals surface area contributed by atoms with E-state index in [4.69, 9.17) is 10.00 Å². The molecular formula is C17H13F3N2O3. The zero-order valence-electron chi connectivity index (χ0n) is 13.1. The molecule has 130 valence electrons. The number of nitriles is 1. The SMILES string of the molecule is CCOC(=O)COc1nc(-c2ccccc2)cc(C(F)(F)F)c1C#N. The molecule has 0 N–H and O–H groups in total. The number of pyridine rings is 1. The van der Waals surface area contributed by atoms with Gasteiger partial charge in [-0.05, 0) is 13.0 Å². The average molecular weight is 350 g/mol. The van der Waals surface area contributed by atoms with E-state index in [-0.39, 0.29) is 12.3 Å². The molecule has 2 rings (SSSR count). The lowest BCUT2D eigenvalue weighted by atomic mass is 10.0. The Morgan fingerprint density at radius 2 is 1.96 bits per heavy atom. The van der Waals surface area contributed by atoms with Gasteiger partial charge in [-0.2, -0.15) is 18.4 Å². The smallest absolute Gasteiger partial charge is 0.417 e. The summed E-state index contributed by atoms with van der Waals surface area (Å²) in [4.78, 5) is 15.3. The molecule has 8 heteroatoms. The summed E-state index contributed by atoms with van der Waals surface area (Å²) in [5.74, 6) is -1.34. The number of esters is 1. The Kier molecular flexibility index (Phi) is 5.60. The highest BCUT2D eigenvalue weighted by molar-refractivity contribution is 5.71. The van der Waals surface area contributed by atoms with Crippen molar-refractivity contribution in [2.24, 2.45) is 0 Å². The van der Waals surface area contributed by atoms with Gasteiger partial charge in [0.1, 0.15) is 11.6 Å². The molecular weight excluding hydrogens is 337 g/mol. The maximum Gasteiger partial charge on any atom is 0.417 e. The second-order valence-corrected chi connectivity index (χ2v) is 4.80. The fraction of sp³-hybridized carbons (Fsp3) is 0.235. The van der Waals surface area contributed by atoms with Crippen molar-refractivity contribution in [2.45, 2.75) is 13.1 Å². The van der Waals surface area contributed by atoms with Gasteiger partial charge in [0.05, 0.1) is 17.9 Å². The van der Waals surface area contributed by atoms with Crippen LogP contribution in [0.2, 0.25) is 0 Å². The molecule has 0 saturated carbocycles. The van der Waals surface area contributed by atoms with Gasteiger partial charge in [0.2, 0.25) is 5.88 Å². The first-order valence-corrected chi connectivity index (χ1v) is 7.23. The standard InChI is InChI=1S/C17H13F3N2O3/c1-2-24-15(23)10-25-16-12(9-21)13(17(18,19)20)8-14(22-16)11-6-4-3-5-7-11/h3-8H,2,10H2,1H3. The van der Waals surface area contributed by atoms with Gasteiger partial charge >= 0.3 is 12.1 Å².